The number of ether oxygens (including phenoxy) is 2. The molecule has 2 atom stereocenters. The third-order valence-electron chi connectivity index (χ3n) is 9.03. The van der Waals surface area contributed by atoms with Crippen LogP contribution in [0.3, 0.4) is 0 Å². The van der Waals surface area contributed by atoms with E-state index in [0.29, 0.717) is 13.2 Å². The lowest BCUT2D eigenvalue weighted by molar-refractivity contribution is -0.0805. The highest BCUT2D eigenvalue weighted by Crippen LogP contribution is 2.30. The van der Waals surface area contributed by atoms with Crippen LogP contribution in [0.15, 0.2) is 12.2 Å². The van der Waals surface area contributed by atoms with Crippen molar-refractivity contribution in [2.24, 2.45) is 11.8 Å². The summed E-state index contributed by atoms with van der Waals surface area (Å²) in [7, 11) is 0. The Morgan fingerprint density at radius 2 is 0.729 bits per heavy atom. The van der Waals surface area contributed by atoms with Crippen LogP contribution in [-0.4, -0.2) is 36.0 Å². The fraction of sp³-hybridized carbons (Fsp3) is 0.955. The topological polar surface area (TPSA) is 58.9 Å². The third-order valence-corrected chi connectivity index (χ3v) is 9.03. The number of rotatable bonds is 22. The quantitative estimate of drug-likeness (QED) is 0.0676. The molecule has 2 N–H and O–H groups in total. The van der Waals surface area contributed by atoms with E-state index in [9.17, 15) is 0 Å². The number of hydrogen-bond donors (Lipinski definition) is 2. The van der Waals surface area contributed by atoms with Crippen LogP contribution in [0.2, 0.25) is 0 Å². The van der Waals surface area contributed by atoms with Crippen molar-refractivity contribution in [3.63, 3.8) is 0 Å². The van der Waals surface area contributed by atoms with Gasteiger partial charge in [-0.15, -0.1) is 0 Å². The molecule has 0 aromatic carbocycles. The molecule has 0 aromatic rings. The second kappa shape index (κ2) is 51.0. The molecular weight excluding hydrogens is 592 g/mol. The first kappa shape index (κ1) is 54.4. The molecule has 0 radical (unpaired) electrons. The lowest BCUT2D eigenvalue weighted by atomic mass is 9.99. The number of allylic oxidation sites excluding steroid dienone is 2. The monoisotopic (exact) mass is 687 g/mol. The highest BCUT2D eigenvalue weighted by atomic mass is 16.6. The van der Waals surface area contributed by atoms with Gasteiger partial charge in [0.1, 0.15) is 0 Å². The second-order valence-corrected chi connectivity index (χ2v) is 13.6. The predicted molar refractivity (Wildman–Crippen MR) is 217 cm³/mol. The van der Waals surface area contributed by atoms with Crippen LogP contribution in [-0.2, 0) is 9.47 Å². The summed E-state index contributed by atoms with van der Waals surface area (Å²) in [5.41, 5.74) is 0. The smallest absolute Gasteiger partial charge is 0.151 e. The first-order chi connectivity index (χ1) is 23.3. The Balaban J connectivity index is -0.000000272. The first-order valence-corrected chi connectivity index (χ1v) is 21.5. The molecule has 0 heterocycles. The minimum atomic E-state index is -0.602. The van der Waals surface area contributed by atoms with Crippen LogP contribution >= 0.6 is 0 Å². The molecule has 2 unspecified atom stereocenters. The minimum Gasteiger partial charge on any atom is -0.368 e. The van der Waals surface area contributed by atoms with Gasteiger partial charge in [-0.25, -0.2) is 0 Å². The molecule has 48 heavy (non-hydrogen) atoms. The summed E-state index contributed by atoms with van der Waals surface area (Å²) < 4.78 is 9.19. The molecule has 0 aliphatic heterocycles. The number of hydrogen-bond acceptors (Lipinski definition) is 4. The summed E-state index contributed by atoms with van der Waals surface area (Å²) in [6, 6.07) is 0. The van der Waals surface area contributed by atoms with E-state index in [-0.39, 0.29) is 0 Å². The summed E-state index contributed by atoms with van der Waals surface area (Å²) >= 11 is 0. The summed E-state index contributed by atoms with van der Waals surface area (Å²) in [6.45, 7) is 20.6. The molecule has 2 aliphatic carbocycles. The van der Waals surface area contributed by atoms with E-state index >= 15 is 0 Å². The van der Waals surface area contributed by atoms with Crippen LogP contribution in [0.4, 0.5) is 0 Å². The fourth-order valence-corrected chi connectivity index (χ4v) is 6.21. The molecular formula is C44H94O4. The van der Waals surface area contributed by atoms with Crippen LogP contribution in [0.1, 0.15) is 236 Å². The van der Waals surface area contributed by atoms with Crippen molar-refractivity contribution < 1.29 is 19.7 Å². The molecule has 2 rings (SSSR count). The largest absolute Gasteiger partial charge is 0.368 e. The third kappa shape index (κ3) is 55.0. The number of aliphatic hydroxyl groups is 2. The molecule has 2 aliphatic rings. The van der Waals surface area contributed by atoms with Gasteiger partial charge in [-0.3, -0.25) is 0 Å². The Morgan fingerprint density at radius 3 is 0.917 bits per heavy atom. The Hall–Kier alpha value is -0.420. The summed E-state index contributed by atoms with van der Waals surface area (Å²) in [5.74, 6) is 2.23. The molecule has 0 aromatic heterocycles. The van der Waals surface area contributed by atoms with Gasteiger partial charge >= 0.3 is 0 Å². The van der Waals surface area contributed by atoms with Crippen molar-refractivity contribution in [1.82, 2.24) is 0 Å². The standard InChI is InChI=1S/2C15H30.2C4H10O2.C4H8.C2H6/c2*1-2-3-4-5-6-7-8-9-12-15-13-10-11-14-15;2*1-3-6-4(2)5;1-3-4-2;1-2/h2*15H,2-14H2,1H3;2*4-5H,3H2,1-2H3;3-4H,1-2H3;1-2H3/b;;;;4-3+;. The van der Waals surface area contributed by atoms with Gasteiger partial charge in [-0.2, -0.15) is 0 Å². The Morgan fingerprint density at radius 1 is 0.479 bits per heavy atom. The van der Waals surface area contributed by atoms with Gasteiger partial charge in [0.25, 0.3) is 0 Å². The van der Waals surface area contributed by atoms with E-state index in [2.05, 4.69) is 23.3 Å². The lowest BCUT2D eigenvalue weighted by Crippen LogP contribution is -2.04. The molecule has 0 amide bonds. The molecule has 2 saturated carbocycles. The number of aliphatic hydroxyl groups excluding tert-OH is 2. The van der Waals surface area contributed by atoms with Crippen LogP contribution in [0.5, 0.6) is 0 Å². The van der Waals surface area contributed by atoms with Crippen LogP contribution in [0, 0.1) is 11.8 Å². The van der Waals surface area contributed by atoms with E-state index in [1.54, 1.807) is 13.8 Å². The summed E-state index contributed by atoms with van der Waals surface area (Å²) in [4.78, 5) is 0. The normalized spacial score (nSPS) is 15.4. The lowest BCUT2D eigenvalue weighted by Gasteiger charge is -2.07. The van der Waals surface area contributed by atoms with E-state index in [4.69, 9.17) is 10.2 Å². The highest BCUT2D eigenvalue weighted by molar-refractivity contribution is 4.69. The van der Waals surface area contributed by atoms with Crippen LogP contribution < -0.4 is 0 Å². The molecule has 294 valence electrons. The minimum absolute atomic E-state index is 0.581. The van der Waals surface area contributed by atoms with E-state index in [1.165, 1.54) is 167 Å². The second-order valence-electron chi connectivity index (χ2n) is 13.6. The van der Waals surface area contributed by atoms with Gasteiger partial charge in [0.15, 0.2) is 12.6 Å². The SMILES string of the molecule is C/C=C/C.CC.CCCCCCCCCCC1CCCC1.CCCCCCCCCCC1CCCC1.CCOC(C)O.CCOC(C)O. The van der Waals surface area contributed by atoms with E-state index < -0.39 is 12.6 Å². The number of unbranched alkanes of at least 4 members (excludes halogenated alkanes) is 14. The molecule has 0 saturated heterocycles. The Kier molecular flexibility index (Phi) is 57.7. The van der Waals surface area contributed by atoms with Crippen molar-refractivity contribution in [3.8, 4) is 0 Å². The van der Waals surface area contributed by atoms with Crippen molar-refractivity contribution in [2.75, 3.05) is 13.2 Å². The van der Waals surface area contributed by atoms with Crippen LogP contribution in [0.25, 0.3) is 0 Å². The first-order valence-electron chi connectivity index (χ1n) is 21.5. The molecule has 4 nitrogen and oxygen atoms in total. The van der Waals surface area contributed by atoms with Gasteiger partial charge in [0.05, 0.1) is 0 Å². The van der Waals surface area contributed by atoms with Gasteiger partial charge in [-0.1, -0.05) is 207 Å². The zero-order valence-corrected chi connectivity index (χ0v) is 35.0. The summed E-state index contributed by atoms with van der Waals surface area (Å²) in [6.07, 6.45) is 41.6. The van der Waals surface area contributed by atoms with E-state index in [0.717, 1.165) is 11.8 Å². The van der Waals surface area contributed by atoms with Crippen molar-refractivity contribution in [3.05, 3.63) is 12.2 Å². The molecule has 0 bridgehead atoms. The van der Waals surface area contributed by atoms with E-state index in [1.807, 2.05) is 53.7 Å². The average Bonchev–Trinajstić information content (AvgIpc) is 3.81. The Bertz CT molecular complexity index is 476. The fourth-order valence-electron chi connectivity index (χ4n) is 6.21. The van der Waals surface area contributed by atoms with Gasteiger partial charge in [-0.05, 0) is 53.4 Å². The van der Waals surface area contributed by atoms with Gasteiger partial charge in [0.2, 0.25) is 0 Å². The maximum Gasteiger partial charge on any atom is 0.151 e. The average molecular weight is 687 g/mol. The van der Waals surface area contributed by atoms with Gasteiger partial charge in [0, 0.05) is 13.2 Å². The summed E-state index contributed by atoms with van der Waals surface area (Å²) in [5, 5.41) is 16.7. The van der Waals surface area contributed by atoms with Crippen molar-refractivity contribution in [1.29, 1.82) is 0 Å². The molecule has 4 heteroatoms. The molecule has 0 spiro atoms. The zero-order chi connectivity index (χ0) is 36.9. The van der Waals surface area contributed by atoms with Crippen molar-refractivity contribution in [2.45, 2.75) is 249 Å². The van der Waals surface area contributed by atoms with Crippen molar-refractivity contribution >= 4 is 0 Å². The zero-order valence-electron chi connectivity index (χ0n) is 35.0. The highest BCUT2D eigenvalue weighted by Gasteiger charge is 2.14. The maximum atomic E-state index is 8.33. The molecule has 2 fully saturated rings. The van der Waals surface area contributed by atoms with Gasteiger partial charge < -0.3 is 19.7 Å². The predicted octanol–water partition coefficient (Wildman–Crippen LogP) is 14.7. The maximum absolute atomic E-state index is 8.33. The Labute approximate surface area is 305 Å².